The first-order chi connectivity index (χ1) is 3.68. The molecule has 0 aromatic heterocycles. The lowest BCUT2D eigenvalue weighted by molar-refractivity contribution is -0.0953. The van der Waals surface area contributed by atoms with Crippen molar-refractivity contribution in [2.75, 3.05) is 20.6 Å². The number of rotatable bonds is 3. The van der Waals surface area contributed by atoms with E-state index in [0.29, 0.717) is 0 Å². The van der Waals surface area contributed by atoms with Gasteiger partial charge in [-0.3, -0.25) is 0 Å². The molecular weight excluding hydrogens is 104 g/mol. The molecule has 0 spiro atoms. The van der Waals surface area contributed by atoms with Crippen LogP contribution in [0.3, 0.4) is 0 Å². The molecule has 0 saturated heterocycles. The van der Waals surface area contributed by atoms with E-state index in [2.05, 4.69) is 5.32 Å². The van der Waals surface area contributed by atoms with Gasteiger partial charge in [0.05, 0.1) is 0 Å². The van der Waals surface area contributed by atoms with Crippen molar-refractivity contribution in [1.29, 1.82) is 0 Å². The molecule has 8 heavy (non-hydrogen) atoms. The Hall–Kier alpha value is -0.120. The molecule has 3 heteroatoms. The highest BCUT2D eigenvalue weighted by Crippen LogP contribution is 1.85. The molecule has 0 saturated carbocycles. The van der Waals surface area contributed by atoms with E-state index in [0.717, 1.165) is 6.54 Å². The monoisotopic (exact) mass is 118 g/mol. The van der Waals surface area contributed by atoms with Crippen molar-refractivity contribution in [2.24, 2.45) is 0 Å². The van der Waals surface area contributed by atoms with Crippen LogP contribution in [0.1, 0.15) is 6.92 Å². The highest BCUT2D eigenvalue weighted by atomic mass is 16.5. The molecular formula is C5H14N2O. The second-order valence-electron chi connectivity index (χ2n) is 1.98. The SMILES string of the molecule is CNCC(C)N(C)O. The third-order valence-corrected chi connectivity index (χ3v) is 1.14. The Labute approximate surface area is 50.3 Å². The Balaban J connectivity index is 3.17. The summed E-state index contributed by atoms with van der Waals surface area (Å²) in [5.74, 6) is 0. The van der Waals surface area contributed by atoms with Crippen molar-refractivity contribution >= 4 is 0 Å². The number of likely N-dealkylation sites (N-methyl/N-ethyl adjacent to an activating group) is 2. The Morgan fingerprint density at radius 1 is 1.75 bits per heavy atom. The average molecular weight is 118 g/mol. The van der Waals surface area contributed by atoms with Crippen LogP contribution in [-0.2, 0) is 0 Å². The summed E-state index contributed by atoms with van der Waals surface area (Å²) < 4.78 is 0. The standard InChI is InChI=1S/C5H14N2O/c1-5(4-6-2)7(3)8/h5-6,8H,4H2,1-3H3. The normalized spacial score (nSPS) is 14.6. The van der Waals surface area contributed by atoms with Gasteiger partial charge in [0.2, 0.25) is 0 Å². The predicted molar refractivity (Wildman–Crippen MR) is 32.9 cm³/mol. The smallest absolute Gasteiger partial charge is 0.0443 e. The quantitative estimate of drug-likeness (QED) is 0.509. The van der Waals surface area contributed by atoms with Crippen molar-refractivity contribution in [1.82, 2.24) is 10.4 Å². The molecule has 0 aromatic rings. The molecule has 3 nitrogen and oxygen atoms in total. The average Bonchev–Trinajstić information content (AvgIpc) is 1.67. The summed E-state index contributed by atoms with van der Waals surface area (Å²) in [4.78, 5) is 0. The van der Waals surface area contributed by atoms with E-state index in [1.165, 1.54) is 5.06 Å². The summed E-state index contributed by atoms with van der Waals surface area (Å²) in [5.41, 5.74) is 0. The maximum Gasteiger partial charge on any atom is 0.0443 e. The molecule has 0 aliphatic heterocycles. The molecule has 0 heterocycles. The van der Waals surface area contributed by atoms with Gasteiger partial charge >= 0.3 is 0 Å². The van der Waals surface area contributed by atoms with Gasteiger partial charge in [-0.1, -0.05) is 0 Å². The third kappa shape index (κ3) is 2.96. The third-order valence-electron chi connectivity index (χ3n) is 1.14. The Morgan fingerprint density at radius 2 is 2.25 bits per heavy atom. The predicted octanol–water partition coefficient (Wildman–Crippen LogP) is -0.0847. The van der Waals surface area contributed by atoms with Gasteiger partial charge in [-0.15, -0.1) is 0 Å². The molecule has 0 aliphatic carbocycles. The summed E-state index contributed by atoms with van der Waals surface area (Å²) in [7, 11) is 3.50. The first-order valence-corrected chi connectivity index (χ1v) is 2.74. The lowest BCUT2D eigenvalue weighted by Crippen LogP contribution is -2.34. The molecule has 0 radical (unpaired) electrons. The van der Waals surface area contributed by atoms with Crippen molar-refractivity contribution in [3.05, 3.63) is 0 Å². The Kier molecular flexibility index (Phi) is 3.77. The van der Waals surface area contributed by atoms with Gasteiger partial charge in [0.1, 0.15) is 0 Å². The number of hydrogen-bond acceptors (Lipinski definition) is 3. The van der Waals surface area contributed by atoms with Gasteiger partial charge in [0.15, 0.2) is 0 Å². The van der Waals surface area contributed by atoms with Crippen LogP contribution >= 0.6 is 0 Å². The maximum atomic E-state index is 8.75. The molecule has 50 valence electrons. The van der Waals surface area contributed by atoms with Crippen LogP contribution in [0.5, 0.6) is 0 Å². The summed E-state index contributed by atoms with van der Waals surface area (Å²) in [6.07, 6.45) is 0. The second kappa shape index (κ2) is 3.83. The number of hydrogen-bond donors (Lipinski definition) is 2. The molecule has 0 aliphatic rings. The van der Waals surface area contributed by atoms with Gasteiger partial charge in [0, 0.05) is 19.6 Å². The minimum Gasteiger partial charge on any atom is -0.318 e. The van der Waals surface area contributed by atoms with E-state index < -0.39 is 0 Å². The van der Waals surface area contributed by atoms with E-state index in [9.17, 15) is 0 Å². The number of hydroxylamine groups is 2. The highest BCUT2D eigenvalue weighted by Gasteiger charge is 2.01. The second-order valence-corrected chi connectivity index (χ2v) is 1.98. The fourth-order valence-electron chi connectivity index (χ4n) is 0.428. The van der Waals surface area contributed by atoms with Crippen molar-refractivity contribution in [2.45, 2.75) is 13.0 Å². The number of nitrogens with one attached hydrogen (secondary N) is 1. The summed E-state index contributed by atoms with van der Waals surface area (Å²) in [5, 5.41) is 12.9. The van der Waals surface area contributed by atoms with Gasteiger partial charge in [-0.25, -0.2) is 0 Å². The summed E-state index contributed by atoms with van der Waals surface area (Å²) >= 11 is 0. The zero-order chi connectivity index (χ0) is 6.57. The highest BCUT2D eigenvalue weighted by molar-refractivity contribution is 4.55. The van der Waals surface area contributed by atoms with Crippen molar-refractivity contribution in [3.63, 3.8) is 0 Å². The molecule has 1 unspecified atom stereocenters. The van der Waals surface area contributed by atoms with E-state index in [1.54, 1.807) is 7.05 Å². The zero-order valence-corrected chi connectivity index (χ0v) is 5.68. The fraction of sp³-hybridized carbons (Fsp3) is 1.00. The van der Waals surface area contributed by atoms with Crippen LogP contribution in [0.4, 0.5) is 0 Å². The van der Waals surface area contributed by atoms with Crippen molar-refractivity contribution in [3.8, 4) is 0 Å². The van der Waals surface area contributed by atoms with Crippen LogP contribution in [-0.4, -0.2) is 37.0 Å². The lowest BCUT2D eigenvalue weighted by Gasteiger charge is -2.16. The Bertz CT molecular complexity index is 56.4. The topological polar surface area (TPSA) is 35.5 Å². The summed E-state index contributed by atoms with van der Waals surface area (Å²) in [6, 6.07) is 0.194. The van der Waals surface area contributed by atoms with Gasteiger partial charge in [-0.2, -0.15) is 5.06 Å². The first kappa shape index (κ1) is 7.88. The molecule has 0 aromatic carbocycles. The van der Waals surface area contributed by atoms with E-state index in [1.807, 2.05) is 14.0 Å². The van der Waals surface area contributed by atoms with Gasteiger partial charge < -0.3 is 10.5 Å². The van der Waals surface area contributed by atoms with Gasteiger partial charge in [-0.05, 0) is 14.0 Å². The zero-order valence-electron chi connectivity index (χ0n) is 5.68. The first-order valence-electron chi connectivity index (χ1n) is 2.74. The van der Waals surface area contributed by atoms with Crippen LogP contribution < -0.4 is 5.32 Å². The van der Waals surface area contributed by atoms with Gasteiger partial charge in [0.25, 0.3) is 0 Å². The van der Waals surface area contributed by atoms with Crippen LogP contribution in [0.25, 0.3) is 0 Å². The molecule has 2 N–H and O–H groups in total. The molecule has 1 atom stereocenters. The minimum atomic E-state index is 0.194. The molecule has 0 fully saturated rings. The van der Waals surface area contributed by atoms with Crippen LogP contribution in [0.15, 0.2) is 0 Å². The molecule has 0 rings (SSSR count). The van der Waals surface area contributed by atoms with E-state index >= 15 is 0 Å². The van der Waals surface area contributed by atoms with E-state index in [-0.39, 0.29) is 6.04 Å². The minimum absolute atomic E-state index is 0.194. The number of nitrogens with zero attached hydrogens (tertiary/aromatic N) is 1. The fourth-order valence-corrected chi connectivity index (χ4v) is 0.428. The Morgan fingerprint density at radius 3 is 2.38 bits per heavy atom. The lowest BCUT2D eigenvalue weighted by atomic mass is 10.3. The van der Waals surface area contributed by atoms with Crippen molar-refractivity contribution < 1.29 is 5.21 Å². The summed E-state index contributed by atoms with van der Waals surface area (Å²) in [6.45, 7) is 2.75. The van der Waals surface area contributed by atoms with Crippen LogP contribution in [0, 0.1) is 0 Å². The largest absolute Gasteiger partial charge is 0.318 e. The molecule has 0 bridgehead atoms. The van der Waals surface area contributed by atoms with E-state index in [4.69, 9.17) is 5.21 Å². The molecule has 0 amide bonds. The maximum absolute atomic E-state index is 8.75. The van der Waals surface area contributed by atoms with Crippen LogP contribution in [0.2, 0.25) is 0 Å².